The van der Waals surface area contributed by atoms with Crippen LogP contribution in [0, 0.1) is 0 Å². The van der Waals surface area contributed by atoms with Crippen LogP contribution in [0.2, 0.25) is 0 Å². The molecule has 0 bridgehead atoms. The topological polar surface area (TPSA) is 35.5 Å². The van der Waals surface area contributed by atoms with E-state index in [4.69, 9.17) is 9.47 Å². The number of unbranched alkanes of at least 4 members (excludes halogenated alkanes) is 5. The van der Waals surface area contributed by atoms with Crippen LogP contribution in [0.5, 0.6) is 11.5 Å². The van der Waals surface area contributed by atoms with Gasteiger partial charge in [0.1, 0.15) is 0 Å². The van der Waals surface area contributed by atoms with Gasteiger partial charge < -0.3 is 9.47 Å². The Hall–Kier alpha value is -1.29. The van der Waals surface area contributed by atoms with Crippen LogP contribution in [0.3, 0.4) is 0 Å². The summed E-state index contributed by atoms with van der Waals surface area (Å²) in [5.74, 6) is 1.70. The quantitative estimate of drug-likeness (QED) is 0.189. The number of alkyl halides is 1. The highest BCUT2D eigenvalue weighted by Crippen LogP contribution is 2.28. The molecule has 0 radical (unpaired) electrons. The number of ketones is 1. The molecule has 1 aromatic rings. The number of benzene rings is 1. The first kappa shape index (κ1) is 22.8. The molecule has 0 unspecified atom stereocenters. The minimum atomic E-state index is 0.188. The van der Waals surface area contributed by atoms with E-state index in [0.29, 0.717) is 13.0 Å². The van der Waals surface area contributed by atoms with Crippen molar-refractivity contribution in [1.29, 1.82) is 0 Å². The molecule has 0 fully saturated rings. The highest BCUT2D eigenvalue weighted by molar-refractivity contribution is 9.09. The van der Waals surface area contributed by atoms with Crippen molar-refractivity contribution in [3.63, 3.8) is 0 Å². The summed E-state index contributed by atoms with van der Waals surface area (Å²) in [7, 11) is 1.65. The van der Waals surface area contributed by atoms with E-state index in [-0.39, 0.29) is 5.78 Å². The first-order valence-corrected chi connectivity index (χ1v) is 10.9. The molecule has 1 rings (SSSR count). The Bertz CT molecular complexity index is 540. The number of methoxy groups -OCH3 is 1. The Morgan fingerprint density at radius 2 is 1.96 bits per heavy atom. The predicted octanol–water partition coefficient (Wildman–Crippen LogP) is 6.28. The third-order valence-corrected chi connectivity index (χ3v) is 4.76. The van der Waals surface area contributed by atoms with Gasteiger partial charge in [-0.05, 0) is 62.3 Å². The molecule has 0 spiro atoms. The van der Waals surface area contributed by atoms with E-state index in [0.717, 1.165) is 54.5 Å². The van der Waals surface area contributed by atoms with E-state index in [1.807, 2.05) is 24.3 Å². The summed E-state index contributed by atoms with van der Waals surface area (Å²) in [6.07, 6.45) is 12.9. The van der Waals surface area contributed by atoms with Crippen LogP contribution in [0.4, 0.5) is 0 Å². The van der Waals surface area contributed by atoms with Gasteiger partial charge in [0, 0.05) is 11.8 Å². The lowest BCUT2D eigenvalue weighted by molar-refractivity contribution is -0.114. The van der Waals surface area contributed by atoms with Crippen molar-refractivity contribution < 1.29 is 14.3 Å². The van der Waals surface area contributed by atoms with Crippen LogP contribution in [0.1, 0.15) is 63.9 Å². The minimum Gasteiger partial charge on any atom is -0.493 e. The van der Waals surface area contributed by atoms with Crippen molar-refractivity contribution >= 4 is 21.7 Å². The van der Waals surface area contributed by atoms with Crippen molar-refractivity contribution in [1.82, 2.24) is 0 Å². The highest BCUT2D eigenvalue weighted by Gasteiger charge is 2.07. The monoisotopic (exact) mass is 424 g/mol. The van der Waals surface area contributed by atoms with Crippen molar-refractivity contribution in [3.8, 4) is 11.5 Å². The first-order chi connectivity index (χ1) is 12.7. The molecule has 0 aliphatic carbocycles. The van der Waals surface area contributed by atoms with Gasteiger partial charge in [-0.1, -0.05) is 47.8 Å². The number of rotatable bonds is 15. The fourth-order valence-corrected chi connectivity index (χ4v) is 3.02. The smallest absolute Gasteiger partial charge is 0.161 e. The van der Waals surface area contributed by atoms with E-state index in [1.54, 1.807) is 13.2 Å². The maximum absolute atomic E-state index is 12.0. The molecule has 0 aliphatic heterocycles. The number of aryl methyl sites for hydroxylation is 1. The van der Waals surface area contributed by atoms with Crippen LogP contribution in [-0.2, 0) is 11.2 Å². The number of carbonyl (C=O) groups excluding carboxylic acids is 1. The van der Waals surface area contributed by atoms with Crippen LogP contribution >= 0.6 is 15.9 Å². The van der Waals surface area contributed by atoms with Gasteiger partial charge in [0.25, 0.3) is 0 Å². The third-order valence-electron chi connectivity index (χ3n) is 4.20. The summed E-state index contributed by atoms with van der Waals surface area (Å²) in [6.45, 7) is 2.88. The number of hydrogen-bond donors (Lipinski definition) is 0. The normalized spacial score (nSPS) is 11.0. The van der Waals surface area contributed by atoms with Gasteiger partial charge in [0.15, 0.2) is 17.3 Å². The molecule has 3 nitrogen and oxygen atoms in total. The van der Waals surface area contributed by atoms with Crippen molar-refractivity contribution in [2.45, 2.75) is 64.7 Å². The average Bonchev–Trinajstić information content (AvgIpc) is 2.66. The highest BCUT2D eigenvalue weighted by atomic mass is 79.9. The number of allylic oxidation sites excluding steroid dienone is 2. The molecule has 26 heavy (non-hydrogen) atoms. The molecular weight excluding hydrogens is 392 g/mol. The second-order valence-corrected chi connectivity index (χ2v) is 7.24. The average molecular weight is 425 g/mol. The maximum Gasteiger partial charge on any atom is 0.161 e. The molecule has 0 saturated heterocycles. The van der Waals surface area contributed by atoms with E-state index >= 15 is 0 Å². The molecular formula is C22H33BrO3. The van der Waals surface area contributed by atoms with Crippen LogP contribution in [0.25, 0.3) is 0 Å². The lowest BCUT2D eigenvalue weighted by Crippen LogP contribution is -2.01. The van der Waals surface area contributed by atoms with E-state index in [9.17, 15) is 4.79 Å². The van der Waals surface area contributed by atoms with Gasteiger partial charge in [-0.2, -0.15) is 0 Å². The number of carbonyl (C=O) groups is 1. The first-order valence-electron chi connectivity index (χ1n) is 9.76. The summed E-state index contributed by atoms with van der Waals surface area (Å²) in [5, 5.41) is 1.04. The maximum atomic E-state index is 12.0. The second kappa shape index (κ2) is 14.8. The van der Waals surface area contributed by atoms with Gasteiger partial charge >= 0.3 is 0 Å². The van der Waals surface area contributed by atoms with E-state index in [2.05, 4.69) is 22.9 Å². The van der Waals surface area contributed by atoms with Gasteiger partial charge in [-0.25, -0.2) is 0 Å². The van der Waals surface area contributed by atoms with Crippen LogP contribution in [0.15, 0.2) is 30.4 Å². The van der Waals surface area contributed by atoms with Gasteiger partial charge in [-0.15, -0.1) is 0 Å². The Morgan fingerprint density at radius 3 is 2.69 bits per heavy atom. The Labute approximate surface area is 167 Å². The molecule has 0 aromatic heterocycles. The molecule has 0 N–H and O–H groups in total. The summed E-state index contributed by atoms with van der Waals surface area (Å²) in [4.78, 5) is 12.0. The van der Waals surface area contributed by atoms with Crippen LogP contribution < -0.4 is 9.47 Å². The molecule has 0 aliphatic rings. The van der Waals surface area contributed by atoms with Gasteiger partial charge in [-0.3, -0.25) is 4.79 Å². The molecule has 0 atom stereocenters. The molecule has 0 saturated carbocycles. The Balaban J connectivity index is 2.41. The van der Waals surface area contributed by atoms with E-state index in [1.165, 1.54) is 19.3 Å². The molecule has 4 heteroatoms. The predicted molar refractivity (Wildman–Crippen MR) is 113 cm³/mol. The Kier molecular flexibility index (Phi) is 13.0. The summed E-state index contributed by atoms with van der Waals surface area (Å²) >= 11 is 3.44. The molecule has 0 heterocycles. The lowest BCUT2D eigenvalue weighted by Gasteiger charge is -2.12. The lowest BCUT2D eigenvalue weighted by atomic mass is 10.1. The van der Waals surface area contributed by atoms with Crippen molar-refractivity contribution in [2.75, 3.05) is 19.0 Å². The standard InChI is InChI=1S/C22H33BrO3/c1-3-4-5-6-8-11-20(24)14-12-19-13-15-21(22(18-19)25-2)26-17-10-7-9-16-23/h8,11,13,15,18H,3-7,9-10,12,14,16-17H2,1-2H3/b11-8+. The SMILES string of the molecule is CCCCC/C=C/C(=O)CCc1ccc(OCCCCCBr)c(OC)c1. The molecule has 146 valence electrons. The zero-order chi connectivity index (χ0) is 19.0. The largest absolute Gasteiger partial charge is 0.493 e. The minimum absolute atomic E-state index is 0.188. The number of ether oxygens (including phenoxy) is 2. The fourth-order valence-electron chi connectivity index (χ4n) is 2.62. The third kappa shape index (κ3) is 10.0. The Morgan fingerprint density at radius 1 is 1.12 bits per heavy atom. The van der Waals surface area contributed by atoms with Crippen LogP contribution in [-0.4, -0.2) is 24.8 Å². The summed E-state index contributed by atoms with van der Waals surface area (Å²) in [5.41, 5.74) is 1.10. The zero-order valence-electron chi connectivity index (χ0n) is 16.3. The van der Waals surface area contributed by atoms with Gasteiger partial charge in [0.2, 0.25) is 0 Å². The van der Waals surface area contributed by atoms with E-state index < -0.39 is 0 Å². The molecule has 0 amide bonds. The van der Waals surface area contributed by atoms with Gasteiger partial charge in [0.05, 0.1) is 13.7 Å². The molecule has 1 aromatic carbocycles. The summed E-state index contributed by atoms with van der Waals surface area (Å²) in [6, 6.07) is 5.95. The second-order valence-electron chi connectivity index (χ2n) is 6.45. The summed E-state index contributed by atoms with van der Waals surface area (Å²) < 4.78 is 11.3. The number of halogens is 1. The fraction of sp³-hybridized carbons (Fsp3) is 0.591. The zero-order valence-corrected chi connectivity index (χ0v) is 17.9. The van der Waals surface area contributed by atoms with Crippen molar-refractivity contribution in [3.05, 3.63) is 35.9 Å². The van der Waals surface area contributed by atoms with Crippen molar-refractivity contribution in [2.24, 2.45) is 0 Å². The number of hydrogen-bond acceptors (Lipinski definition) is 3.